The van der Waals surface area contributed by atoms with Gasteiger partial charge in [0.05, 0.1) is 17.6 Å². The number of rotatable bonds is 6. The van der Waals surface area contributed by atoms with Crippen LogP contribution in [0.2, 0.25) is 0 Å². The van der Waals surface area contributed by atoms with Crippen LogP contribution >= 0.6 is 0 Å². The average molecular weight is 433 g/mol. The number of carbonyl (C=O) groups excluding carboxylic acids is 2. The molecule has 0 saturated heterocycles. The van der Waals surface area contributed by atoms with Crippen LogP contribution in [0.1, 0.15) is 28.5 Å². The number of nitrogens with one attached hydrogen (secondary N) is 1. The molecule has 7 heteroatoms. The number of halogens is 1. The van der Waals surface area contributed by atoms with Crippen LogP contribution < -0.4 is 5.32 Å². The number of nitrogens with zero attached hydrogens (tertiary/aromatic N) is 2. The molecule has 32 heavy (non-hydrogen) atoms. The Morgan fingerprint density at radius 2 is 1.78 bits per heavy atom. The summed E-state index contributed by atoms with van der Waals surface area (Å²) in [6.45, 7) is 5.83. The summed E-state index contributed by atoms with van der Waals surface area (Å²) in [5.41, 5.74) is 5.26. The highest BCUT2D eigenvalue weighted by molar-refractivity contribution is 5.98. The number of esters is 1. The monoisotopic (exact) mass is 433 g/mol. The van der Waals surface area contributed by atoms with E-state index in [0.717, 1.165) is 28.0 Å². The van der Waals surface area contributed by atoms with Crippen molar-refractivity contribution in [2.24, 2.45) is 0 Å². The predicted octanol–water partition coefficient (Wildman–Crippen LogP) is 5.00. The molecule has 0 radical (unpaired) electrons. The molecule has 0 atom stereocenters. The largest absolute Gasteiger partial charge is 0.461 e. The predicted molar refractivity (Wildman–Crippen MR) is 122 cm³/mol. The SMILES string of the molecule is CCOC(=O)c1cc2c(ccn2-c2ccc(F)cc2)n1CC(=O)Nc1cccc(C)c1C. The molecule has 2 heterocycles. The van der Waals surface area contributed by atoms with Crippen molar-refractivity contribution < 1.29 is 18.7 Å². The van der Waals surface area contributed by atoms with E-state index in [1.165, 1.54) is 12.1 Å². The molecule has 0 unspecified atom stereocenters. The van der Waals surface area contributed by atoms with Gasteiger partial charge in [-0.25, -0.2) is 9.18 Å². The summed E-state index contributed by atoms with van der Waals surface area (Å²) in [5.74, 6) is -1.09. The van der Waals surface area contributed by atoms with E-state index in [1.54, 1.807) is 29.7 Å². The van der Waals surface area contributed by atoms with Gasteiger partial charge in [0.1, 0.15) is 18.1 Å². The molecule has 0 aliphatic heterocycles. The smallest absolute Gasteiger partial charge is 0.355 e. The number of carbonyl (C=O) groups is 2. The van der Waals surface area contributed by atoms with E-state index >= 15 is 0 Å². The molecule has 1 amide bonds. The van der Waals surface area contributed by atoms with E-state index in [4.69, 9.17) is 4.74 Å². The van der Waals surface area contributed by atoms with Gasteiger partial charge in [0.15, 0.2) is 0 Å². The Morgan fingerprint density at radius 1 is 1.03 bits per heavy atom. The second kappa shape index (κ2) is 8.70. The van der Waals surface area contributed by atoms with Gasteiger partial charge in [-0.3, -0.25) is 4.79 Å². The number of ether oxygens (including phenoxy) is 1. The Morgan fingerprint density at radius 3 is 2.50 bits per heavy atom. The van der Waals surface area contributed by atoms with E-state index in [1.807, 2.05) is 48.9 Å². The quantitative estimate of drug-likeness (QED) is 0.435. The van der Waals surface area contributed by atoms with Crippen LogP contribution in [0.5, 0.6) is 0 Å². The zero-order chi connectivity index (χ0) is 22.8. The maximum atomic E-state index is 13.4. The molecular formula is C25H24FN3O3. The normalized spacial score (nSPS) is 11.0. The lowest BCUT2D eigenvalue weighted by molar-refractivity contribution is -0.116. The summed E-state index contributed by atoms with van der Waals surface area (Å²) in [6, 6.07) is 15.3. The molecule has 0 aliphatic rings. The summed E-state index contributed by atoms with van der Waals surface area (Å²) in [4.78, 5) is 25.5. The highest BCUT2D eigenvalue weighted by Crippen LogP contribution is 2.26. The van der Waals surface area contributed by atoms with Crippen molar-refractivity contribution in [2.45, 2.75) is 27.3 Å². The Bertz CT molecular complexity index is 1300. The molecule has 6 nitrogen and oxygen atoms in total. The van der Waals surface area contributed by atoms with Crippen LogP contribution in [0.25, 0.3) is 16.7 Å². The van der Waals surface area contributed by atoms with E-state index < -0.39 is 5.97 Å². The maximum Gasteiger partial charge on any atom is 0.355 e. The first-order valence-electron chi connectivity index (χ1n) is 10.4. The first kappa shape index (κ1) is 21.4. The first-order valence-corrected chi connectivity index (χ1v) is 10.4. The van der Waals surface area contributed by atoms with E-state index in [0.29, 0.717) is 5.52 Å². The lowest BCUT2D eigenvalue weighted by atomic mass is 10.1. The first-order chi connectivity index (χ1) is 15.4. The number of hydrogen-bond acceptors (Lipinski definition) is 3. The van der Waals surface area contributed by atoms with Crippen molar-refractivity contribution >= 4 is 28.6 Å². The van der Waals surface area contributed by atoms with Crippen LogP contribution in [0.15, 0.2) is 60.8 Å². The fourth-order valence-corrected chi connectivity index (χ4v) is 3.73. The third-order valence-corrected chi connectivity index (χ3v) is 5.53. The fraction of sp³-hybridized carbons (Fsp3) is 0.200. The molecule has 0 fully saturated rings. The third kappa shape index (κ3) is 4.01. The number of aryl methyl sites for hydroxylation is 1. The molecule has 0 bridgehead atoms. The lowest BCUT2D eigenvalue weighted by Gasteiger charge is -2.12. The van der Waals surface area contributed by atoms with Crippen LogP contribution in [0.4, 0.5) is 10.1 Å². The zero-order valence-electron chi connectivity index (χ0n) is 18.2. The van der Waals surface area contributed by atoms with Crippen molar-refractivity contribution in [2.75, 3.05) is 11.9 Å². The molecule has 2 aromatic heterocycles. The number of anilines is 1. The van der Waals surface area contributed by atoms with E-state index in [2.05, 4.69) is 5.32 Å². The zero-order valence-corrected chi connectivity index (χ0v) is 18.2. The van der Waals surface area contributed by atoms with Crippen molar-refractivity contribution in [1.29, 1.82) is 0 Å². The minimum Gasteiger partial charge on any atom is -0.461 e. The van der Waals surface area contributed by atoms with Crippen LogP contribution in [-0.2, 0) is 16.1 Å². The Kier molecular flexibility index (Phi) is 5.81. The van der Waals surface area contributed by atoms with Gasteiger partial charge in [0, 0.05) is 17.6 Å². The van der Waals surface area contributed by atoms with Gasteiger partial charge in [-0.15, -0.1) is 0 Å². The summed E-state index contributed by atoms with van der Waals surface area (Å²) in [7, 11) is 0. The van der Waals surface area contributed by atoms with Crippen LogP contribution in [0, 0.1) is 19.7 Å². The minimum atomic E-state index is -0.506. The lowest BCUT2D eigenvalue weighted by Crippen LogP contribution is -2.22. The average Bonchev–Trinajstić information content (AvgIpc) is 3.33. The van der Waals surface area contributed by atoms with Crippen molar-refractivity contribution in [3.63, 3.8) is 0 Å². The summed E-state index contributed by atoms with van der Waals surface area (Å²) < 4.78 is 22.1. The van der Waals surface area contributed by atoms with Crippen LogP contribution in [-0.4, -0.2) is 27.6 Å². The van der Waals surface area contributed by atoms with E-state index in [-0.39, 0.29) is 30.6 Å². The number of amides is 1. The number of aromatic nitrogens is 2. The molecule has 4 rings (SSSR count). The third-order valence-electron chi connectivity index (χ3n) is 5.53. The van der Waals surface area contributed by atoms with Crippen molar-refractivity contribution in [1.82, 2.24) is 9.13 Å². The van der Waals surface area contributed by atoms with E-state index in [9.17, 15) is 14.0 Å². The maximum absolute atomic E-state index is 13.4. The van der Waals surface area contributed by atoms with Gasteiger partial charge in [0.2, 0.25) is 5.91 Å². The van der Waals surface area contributed by atoms with Gasteiger partial charge in [-0.2, -0.15) is 0 Å². The Labute approximate surface area is 185 Å². The highest BCUT2D eigenvalue weighted by atomic mass is 19.1. The standard InChI is InChI=1S/C25H24FN3O3/c1-4-32-25(31)23-14-22-21(12-13-28(22)19-10-8-18(26)9-11-19)29(23)15-24(30)27-20-7-5-6-16(2)17(20)3/h5-14H,4,15H2,1-3H3,(H,27,30). The number of fused-ring (bicyclic) bond motifs is 1. The summed E-state index contributed by atoms with van der Waals surface area (Å²) in [5, 5.41) is 2.94. The molecule has 1 N–H and O–H groups in total. The fourth-order valence-electron chi connectivity index (χ4n) is 3.73. The minimum absolute atomic E-state index is 0.0571. The summed E-state index contributed by atoms with van der Waals surface area (Å²) in [6.07, 6.45) is 1.83. The Balaban J connectivity index is 1.72. The number of hydrogen-bond donors (Lipinski definition) is 1. The molecular weight excluding hydrogens is 409 g/mol. The van der Waals surface area contributed by atoms with Gasteiger partial charge < -0.3 is 19.2 Å². The van der Waals surface area contributed by atoms with Gasteiger partial charge in [0.25, 0.3) is 0 Å². The Hall–Kier alpha value is -3.87. The van der Waals surface area contributed by atoms with Crippen LogP contribution in [0.3, 0.4) is 0 Å². The molecule has 4 aromatic rings. The second-order valence-corrected chi connectivity index (χ2v) is 7.56. The van der Waals surface area contributed by atoms with Crippen molar-refractivity contribution in [3.8, 4) is 5.69 Å². The molecule has 2 aromatic carbocycles. The number of benzene rings is 2. The van der Waals surface area contributed by atoms with Gasteiger partial charge in [-0.05, 0) is 74.4 Å². The molecule has 164 valence electrons. The van der Waals surface area contributed by atoms with Gasteiger partial charge in [-0.1, -0.05) is 12.1 Å². The molecule has 0 spiro atoms. The summed E-state index contributed by atoms with van der Waals surface area (Å²) >= 11 is 0. The highest BCUT2D eigenvalue weighted by Gasteiger charge is 2.21. The second-order valence-electron chi connectivity index (χ2n) is 7.56. The van der Waals surface area contributed by atoms with Crippen molar-refractivity contribution in [3.05, 3.63) is 83.4 Å². The molecule has 0 saturated carbocycles. The van der Waals surface area contributed by atoms with Gasteiger partial charge >= 0.3 is 5.97 Å². The molecule has 0 aliphatic carbocycles. The topological polar surface area (TPSA) is 65.3 Å².